The Morgan fingerprint density at radius 2 is 1.47 bits per heavy atom. The molecule has 0 aliphatic carbocycles. The van der Waals surface area contributed by atoms with Crippen LogP contribution in [-0.4, -0.2) is 124 Å². The highest BCUT2D eigenvalue weighted by Gasteiger charge is 2.50. The minimum absolute atomic E-state index is 0.0538. The van der Waals surface area contributed by atoms with Crippen molar-refractivity contribution in [2.75, 3.05) is 58.9 Å². The molecule has 5 saturated heterocycles. The number of aliphatic carboxylic acids is 1. The van der Waals surface area contributed by atoms with Gasteiger partial charge in [-0.05, 0) is 75.1 Å². The van der Waals surface area contributed by atoms with E-state index in [1.165, 1.54) is 10.6 Å². The summed E-state index contributed by atoms with van der Waals surface area (Å²) in [5, 5.41) is 15.4. The highest BCUT2D eigenvalue weighted by molar-refractivity contribution is 6.01. The third-order valence-electron chi connectivity index (χ3n) is 11.1. The molecule has 0 saturated carbocycles. The van der Waals surface area contributed by atoms with Crippen molar-refractivity contribution in [3.63, 3.8) is 0 Å². The number of hydrogen-bond acceptors (Lipinski definition) is 8. The van der Waals surface area contributed by atoms with E-state index in [1.54, 1.807) is 22.2 Å². The predicted molar refractivity (Wildman–Crippen MR) is 181 cm³/mol. The number of rotatable bonds is 8. The number of fused-ring (bicyclic) bond motifs is 3. The van der Waals surface area contributed by atoms with Gasteiger partial charge in [-0.2, -0.15) is 0 Å². The number of nitrogens with one attached hydrogen (secondary N) is 1. The normalized spacial score (nSPS) is 26.3. The van der Waals surface area contributed by atoms with Crippen LogP contribution in [0.1, 0.15) is 47.3 Å². The van der Waals surface area contributed by atoms with Crippen LogP contribution in [0.25, 0.3) is 0 Å². The molecule has 5 fully saturated rings. The first kappa shape index (κ1) is 32.9. The first-order valence-electron chi connectivity index (χ1n) is 17.2. The molecule has 3 aromatic rings. The first-order valence-corrected chi connectivity index (χ1v) is 17.2. The van der Waals surface area contributed by atoms with Crippen molar-refractivity contribution in [2.45, 2.75) is 42.7 Å². The maximum absolute atomic E-state index is 14.1. The molecule has 0 radical (unpaired) electrons. The molecule has 0 spiro atoms. The van der Waals surface area contributed by atoms with E-state index >= 15 is 0 Å². The van der Waals surface area contributed by atoms with Crippen molar-refractivity contribution in [2.24, 2.45) is 0 Å². The Labute approximate surface area is 286 Å². The molecule has 8 rings (SSSR count). The average molecular weight is 666 g/mol. The van der Waals surface area contributed by atoms with E-state index in [0.717, 1.165) is 19.4 Å². The standard InChI is InChI=1S/C37H43N7O5/c45-32(28-9-3-1-4-10-28)42-22-15-36(27-42,29-11-5-2-6-12-29)14-19-40-20-16-37(17-21-40,30-13-7-8-18-38-30)34(48)39-35(49)44-31(33(46)47)41-23-25-43(44)26-24-41/h1-13,18,31H,14-17,19-27H2,(H,46,47)(H,39,48,49). The SMILES string of the molecule is O=C(O)C1N2CCN(CC2)N1C(=O)NC(=O)C1(c2ccccn2)CCN(CCC2(c3ccccc3)CCN(C(=O)c3ccccc3)C2)CC1. The quantitative estimate of drug-likeness (QED) is 0.373. The summed E-state index contributed by atoms with van der Waals surface area (Å²) >= 11 is 0. The van der Waals surface area contributed by atoms with Crippen molar-refractivity contribution in [1.82, 2.24) is 35.0 Å². The van der Waals surface area contributed by atoms with Gasteiger partial charge in [0.05, 0.1) is 11.1 Å². The number of carboxylic acid groups (broad SMARTS) is 1. The number of carboxylic acids is 1. The number of carbonyl (C=O) groups is 4. The maximum atomic E-state index is 14.1. The Balaban J connectivity index is 1.05. The molecule has 2 unspecified atom stereocenters. The zero-order chi connectivity index (χ0) is 34.0. The zero-order valence-electron chi connectivity index (χ0n) is 27.6. The minimum atomic E-state index is -1.14. The second kappa shape index (κ2) is 13.7. The molecule has 12 heteroatoms. The van der Waals surface area contributed by atoms with E-state index in [1.807, 2.05) is 53.4 Å². The summed E-state index contributed by atoms with van der Waals surface area (Å²) in [7, 11) is 0. The van der Waals surface area contributed by atoms with Crippen LogP contribution in [0.2, 0.25) is 0 Å². The van der Waals surface area contributed by atoms with Gasteiger partial charge in [-0.15, -0.1) is 0 Å². The molecule has 4 amide bonds. The van der Waals surface area contributed by atoms with Gasteiger partial charge >= 0.3 is 12.0 Å². The number of nitrogens with zero attached hydrogens (tertiary/aromatic N) is 6. The van der Waals surface area contributed by atoms with Crippen molar-refractivity contribution in [3.05, 3.63) is 102 Å². The topological polar surface area (TPSA) is 130 Å². The monoisotopic (exact) mass is 665 g/mol. The molecular formula is C37H43N7O5. The largest absolute Gasteiger partial charge is 0.479 e. The summed E-state index contributed by atoms with van der Waals surface area (Å²) in [5.74, 6) is -1.52. The molecule has 5 aliphatic rings. The van der Waals surface area contributed by atoms with Crippen LogP contribution in [0.3, 0.4) is 0 Å². The van der Waals surface area contributed by atoms with Crippen LogP contribution in [0.5, 0.6) is 0 Å². The fourth-order valence-corrected chi connectivity index (χ4v) is 8.22. The van der Waals surface area contributed by atoms with Crippen LogP contribution in [-0.2, 0) is 20.4 Å². The van der Waals surface area contributed by atoms with Crippen LogP contribution in [0, 0.1) is 0 Å². The number of hydrogen-bond donors (Lipinski definition) is 2. The third-order valence-corrected chi connectivity index (χ3v) is 11.1. The fourth-order valence-electron chi connectivity index (χ4n) is 8.22. The van der Waals surface area contributed by atoms with Crippen LogP contribution in [0.4, 0.5) is 4.79 Å². The van der Waals surface area contributed by atoms with E-state index in [4.69, 9.17) is 0 Å². The molecule has 6 heterocycles. The van der Waals surface area contributed by atoms with Crippen molar-refractivity contribution in [1.29, 1.82) is 0 Å². The molecular weight excluding hydrogens is 622 g/mol. The molecule has 2 N–H and O–H groups in total. The molecule has 256 valence electrons. The molecule has 12 nitrogen and oxygen atoms in total. The van der Waals surface area contributed by atoms with Gasteiger partial charge in [0, 0.05) is 56.4 Å². The average Bonchev–Trinajstić information content (AvgIpc) is 3.60. The van der Waals surface area contributed by atoms with Gasteiger partial charge in [-0.3, -0.25) is 24.8 Å². The Morgan fingerprint density at radius 1 is 0.796 bits per heavy atom. The molecule has 2 bridgehead atoms. The fraction of sp³-hybridized carbons (Fsp3) is 0.432. The van der Waals surface area contributed by atoms with Gasteiger partial charge in [-0.25, -0.2) is 19.6 Å². The number of imide groups is 1. The summed E-state index contributed by atoms with van der Waals surface area (Å²) in [4.78, 5) is 64.0. The number of carbonyl (C=O) groups excluding carboxylic acids is 3. The van der Waals surface area contributed by atoms with E-state index in [9.17, 15) is 24.3 Å². The molecule has 2 aromatic carbocycles. The number of piperidine rings is 1. The number of likely N-dealkylation sites (tertiary alicyclic amines) is 2. The van der Waals surface area contributed by atoms with Crippen LogP contribution in [0.15, 0.2) is 85.1 Å². The lowest BCUT2D eigenvalue weighted by molar-refractivity contribution is -0.190. The molecule has 5 aliphatic heterocycles. The van der Waals surface area contributed by atoms with Gasteiger partial charge in [0.1, 0.15) is 0 Å². The Morgan fingerprint density at radius 3 is 2.12 bits per heavy atom. The Bertz CT molecular complexity index is 1660. The van der Waals surface area contributed by atoms with Gasteiger partial charge in [0.15, 0.2) is 0 Å². The lowest BCUT2D eigenvalue weighted by Crippen LogP contribution is -2.74. The van der Waals surface area contributed by atoms with Crippen LogP contribution < -0.4 is 5.32 Å². The summed E-state index contributed by atoms with van der Waals surface area (Å²) < 4.78 is 0. The lowest BCUT2D eigenvalue weighted by Gasteiger charge is -2.52. The number of benzene rings is 2. The van der Waals surface area contributed by atoms with E-state index in [0.29, 0.717) is 76.5 Å². The van der Waals surface area contributed by atoms with E-state index < -0.39 is 29.5 Å². The summed E-state index contributed by atoms with van der Waals surface area (Å²) in [6.07, 6.45) is 3.15. The van der Waals surface area contributed by atoms with Gasteiger partial charge in [0.25, 0.3) is 5.91 Å². The highest BCUT2D eigenvalue weighted by atomic mass is 16.4. The van der Waals surface area contributed by atoms with Crippen molar-refractivity contribution in [3.8, 4) is 0 Å². The van der Waals surface area contributed by atoms with Gasteiger partial charge < -0.3 is 14.9 Å². The smallest absolute Gasteiger partial charge is 0.343 e. The zero-order valence-corrected chi connectivity index (χ0v) is 27.6. The number of urea groups is 1. The minimum Gasteiger partial charge on any atom is -0.479 e. The lowest BCUT2D eigenvalue weighted by atomic mass is 9.73. The molecule has 1 aromatic heterocycles. The number of aromatic nitrogens is 1. The Hall–Kier alpha value is -4.65. The summed E-state index contributed by atoms with van der Waals surface area (Å²) in [6, 6.07) is 24.7. The number of piperazine rings is 1. The maximum Gasteiger partial charge on any atom is 0.343 e. The highest BCUT2D eigenvalue weighted by Crippen LogP contribution is 2.40. The second-order valence-corrected chi connectivity index (χ2v) is 13.7. The van der Waals surface area contributed by atoms with Crippen molar-refractivity contribution >= 4 is 23.8 Å². The third kappa shape index (κ3) is 6.31. The predicted octanol–water partition coefficient (Wildman–Crippen LogP) is 2.78. The Kier molecular flexibility index (Phi) is 9.19. The number of pyridine rings is 1. The first-order chi connectivity index (χ1) is 23.8. The summed E-state index contributed by atoms with van der Waals surface area (Å²) in [5.41, 5.74) is 1.30. The van der Waals surface area contributed by atoms with Crippen LogP contribution >= 0.6 is 0 Å². The van der Waals surface area contributed by atoms with Crippen molar-refractivity contribution < 1.29 is 24.3 Å². The molecule has 2 atom stereocenters. The van der Waals surface area contributed by atoms with E-state index in [2.05, 4.69) is 39.5 Å². The van der Waals surface area contributed by atoms with Gasteiger partial charge in [0.2, 0.25) is 12.1 Å². The number of hydrazine groups is 1. The van der Waals surface area contributed by atoms with Gasteiger partial charge in [-0.1, -0.05) is 54.6 Å². The van der Waals surface area contributed by atoms with E-state index in [-0.39, 0.29) is 11.3 Å². The summed E-state index contributed by atoms with van der Waals surface area (Å²) in [6.45, 7) is 5.51. The second-order valence-electron chi connectivity index (χ2n) is 13.7. The molecule has 49 heavy (non-hydrogen) atoms. The number of amides is 4.